The Morgan fingerprint density at radius 3 is 2.42 bits per heavy atom. The van der Waals surface area contributed by atoms with Crippen molar-refractivity contribution < 1.29 is 9.53 Å². The van der Waals surface area contributed by atoms with Gasteiger partial charge in [0.2, 0.25) is 0 Å². The standard InChI is InChI=1S/C26H23N5O2/c1-2-23(32)30-16-13-19(14-17-30)31-22-12-15-28-26(27)24(22)25(29-31)18-8-10-21(11-9-18)33-20-6-4-3-5-7-20/h1,3-12,15,19H,13-14,16-17H2,(H2,27,28). The number of pyridine rings is 1. The smallest absolute Gasteiger partial charge is 0.298 e. The Hall–Kier alpha value is -4.31. The Labute approximate surface area is 191 Å². The van der Waals surface area contributed by atoms with Crippen LogP contribution in [-0.4, -0.2) is 38.7 Å². The molecule has 1 aliphatic heterocycles. The van der Waals surface area contributed by atoms with Crippen molar-refractivity contribution in [1.82, 2.24) is 19.7 Å². The van der Waals surface area contributed by atoms with Crippen molar-refractivity contribution in [2.24, 2.45) is 0 Å². The van der Waals surface area contributed by atoms with Crippen LogP contribution in [0.4, 0.5) is 5.82 Å². The van der Waals surface area contributed by atoms with E-state index in [-0.39, 0.29) is 11.9 Å². The van der Waals surface area contributed by atoms with Crippen molar-refractivity contribution in [3.63, 3.8) is 0 Å². The van der Waals surface area contributed by atoms with Crippen LogP contribution in [-0.2, 0) is 4.79 Å². The highest BCUT2D eigenvalue weighted by Gasteiger charge is 2.26. The average molecular weight is 438 g/mol. The molecule has 0 aliphatic carbocycles. The van der Waals surface area contributed by atoms with Gasteiger partial charge < -0.3 is 15.4 Å². The molecule has 2 aromatic heterocycles. The van der Waals surface area contributed by atoms with Crippen molar-refractivity contribution >= 4 is 22.6 Å². The zero-order chi connectivity index (χ0) is 22.8. The maximum Gasteiger partial charge on any atom is 0.298 e. The monoisotopic (exact) mass is 437 g/mol. The molecule has 0 unspecified atom stereocenters. The fourth-order valence-electron chi connectivity index (χ4n) is 4.30. The van der Waals surface area contributed by atoms with Crippen LogP contribution in [0.15, 0.2) is 66.9 Å². The number of amides is 1. The number of ether oxygens (including phenoxy) is 1. The normalized spacial score (nSPS) is 14.2. The Bertz CT molecular complexity index is 1330. The summed E-state index contributed by atoms with van der Waals surface area (Å²) in [6, 6.07) is 19.5. The fraction of sp³-hybridized carbons (Fsp3) is 0.192. The SMILES string of the molecule is C#CC(=O)N1CCC(n2nc(-c3ccc(Oc4ccccc4)cc3)c3c(N)nccc32)CC1. The summed E-state index contributed by atoms with van der Waals surface area (Å²) in [6.07, 6.45) is 8.52. The third-order valence-corrected chi connectivity index (χ3v) is 5.98. The Balaban J connectivity index is 1.46. The number of terminal acetylenes is 1. The van der Waals surface area contributed by atoms with Crippen LogP contribution in [0.2, 0.25) is 0 Å². The quantitative estimate of drug-likeness (QED) is 0.482. The van der Waals surface area contributed by atoms with E-state index in [9.17, 15) is 4.79 Å². The number of aromatic nitrogens is 3. The minimum absolute atomic E-state index is 0.144. The second-order valence-electron chi connectivity index (χ2n) is 7.99. The highest BCUT2D eigenvalue weighted by molar-refractivity contribution is 6.00. The van der Waals surface area contributed by atoms with Crippen molar-refractivity contribution in [1.29, 1.82) is 0 Å². The Kier molecular flexibility index (Phi) is 5.41. The van der Waals surface area contributed by atoms with Gasteiger partial charge in [0.1, 0.15) is 23.0 Å². The fourth-order valence-corrected chi connectivity index (χ4v) is 4.30. The number of rotatable bonds is 4. The van der Waals surface area contributed by atoms with Gasteiger partial charge in [-0.1, -0.05) is 18.2 Å². The lowest BCUT2D eigenvalue weighted by molar-refractivity contribution is -0.126. The summed E-state index contributed by atoms with van der Waals surface area (Å²) < 4.78 is 7.93. The summed E-state index contributed by atoms with van der Waals surface area (Å²) in [7, 11) is 0. The molecular weight excluding hydrogens is 414 g/mol. The number of likely N-dealkylation sites (tertiary alicyclic amines) is 1. The summed E-state index contributed by atoms with van der Waals surface area (Å²) in [5.41, 5.74) is 8.93. The van der Waals surface area contributed by atoms with Gasteiger partial charge in [-0.25, -0.2) is 4.98 Å². The number of piperidine rings is 1. The summed E-state index contributed by atoms with van der Waals surface area (Å²) in [4.78, 5) is 17.8. The van der Waals surface area contributed by atoms with Crippen molar-refractivity contribution in [3.05, 3.63) is 66.9 Å². The van der Waals surface area contributed by atoms with Crippen LogP contribution in [0.3, 0.4) is 0 Å². The highest BCUT2D eigenvalue weighted by atomic mass is 16.5. The van der Waals surface area contributed by atoms with Crippen LogP contribution in [0.5, 0.6) is 11.5 Å². The van der Waals surface area contributed by atoms with Crippen LogP contribution in [0.25, 0.3) is 22.2 Å². The molecular formula is C26H23N5O2. The second-order valence-corrected chi connectivity index (χ2v) is 7.99. The highest BCUT2D eigenvalue weighted by Crippen LogP contribution is 2.36. The number of nitrogens with two attached hydrogens (primary N) is 1. The number of carbonyl (C=O) groups excluding carboxylic acids is 1. The zero-order valence-corrected chi connectivity index (χ0v) is 18.0. The van der Waals surface area contributed by atoms with E-state index in [1.807, 2.05) is 65.3 Å². The molecule has 2 aromatic carbocycles. The lowest BCUT2D eigenvalue weighted by atomic mass is 10.0. The molecule has 7 nitrogen and oxygen atoms in total. The molecule has 0 spiro atoms. The lowest BCUT2D eigenvalue weighted by Gasteiger charge is -2.31. The van der Waals surface area contributed by atoms with E-state index in [2.05, 4.69) is 10.9 Å². The van der Waals surface area contributed by atoms with E-state index in [0.29, 0.717) is 18.9 Å². The molecule has 7 heteroatoms. The molecule has 33 heavy (non-hydrogen) atoms. The van der Waals surface area contributed by atoms with E-state index in [1.54, 1.807) is 11.1 Å². The van der Waals surface area contributed by atoms with Gasteiger partial charge in [0.05, 0.1) is 16.9 Å². The molecule has 0 bridgehead atoms. The van der Waals surface area contributed by atoms with Gasteiger partial charge in [-0.05, 0) is 61.2 Å². The number of nitrogen functional groups attached to an aromatic ring is 1. The van der Waals surface area contributed by atoms with E-state index in [0.717, 1.165) is 46.5 Å². The van der Waals surface area contributed by atoms with Gasteiger partial charge in [0.25, 0.3) is 5.91 Å². The summed E-state index contributed by atoms with van der Waals surface area (Å²) >= 11 is 0. The third kappa shape index (κ3) is 3.99. The number of nitrogens with zero attached hydrogens (tertiary/aromatic N) is 4. The first kappa shape index (κ1) is 20.6. The van der Waals surface area contributed by atoms with Crippen LogP contribution >= 0.6 is 0 Å². The second kappa shape index (κ2) is 8.67. The Morgan fingerprint density at radius 1 is 1.03 bits per heavy atom. The third-order valence-electron chi connectivity index (χ3n) is 5.98. The zero-order valence-electron chi connectivity index (χ0n) is 18.0. The van der Waals surface area contributed by atoms with Gasteiger partial charge >= 0.3 is 0 Å². The van der Waals surface area contributed by atoms with Gasteiger partial charge in [-0.3, -0.25) is 9.48 Å². The number of para-hydroxylation sites is 1. The van der Waals surface area contributed by atoms with Crippen molar-refractivity contribution in [2.45, 2.75) is 18.9 Å². The molecule has 0 atom stereocenters. The molecule has 0 radical (unpaired) electrons. The maximum absolute atomic E-state index is 11.8. The van der Waals surface area contributed by atoms with E-state index >= 15 is 0 Å². The predicted octanol–water partition coefficient (Wildman–Crippen LogP) is 4.27. The number of fused-ring (bicyclic) bond motifs is 1. The number of hydrogen-bond acceptors (Lipinski definition) is 5. The molecule has 2 N–H and O–H groups in total. The molecule has 1 saturated heterocycles. The minimum Gasteiger partial charge on any atom is -0.457 e. The minimum atomic E-state index is -0.259. The molecule has 3 heterocycles. The van der Waals surface area contributed by atoms with E-state index in [1.165, 1.54) is 0 Å². The van der Waals surface area contributed by atoms with Gasteiger partial charge in [0.15, 0.2) is 0 Å². The molecule has 164 valence electrons. The molecule has 1 aliphatic rings. The lowest BCUT2D eigenvalue weighted by Crippen LogP contribution is -2.38. The van der Waals surface area contributed by atoms with Crippen LogP contribution < -0.4 is 10.5 Å². The van der Waals surface area contributed by atoms with Crippen molar-refractivity contribution in [3.8, 4) is 35.1 Å². The number of hydrogen-bond donors (Lipinski definition) is 1. The average Bonchev–Trinajstić information content (AvgIpc) is 3.26. The molecule has 5 rings (SSSR count). The first-order valence-electron chi connectivity index (χ1n) is 10.9. The van der Waals surface area contributed by atoms with Gasteiger partial charge in [0, 0.05) is 24.8 Å². The summed E-state index contributed by atoms with van der Waals surface area (Å²) in [5.74, 6) is 3.91. The predicted molar refractivity (Wildman–Crippen MR) is 128 cm³/mol. The van der Waals surface area contributed by atoms with E-state index < -0.39 is 0 Å². The van der Waals surface area contributed by atoms with Crippen LogP contribution in [0.1, 0.15) is 18.9 Å². The number of benzene rings is 2. The molecule has 4 aromatic rings. The molecule has 1 amide bonds. The van der Waals surface area contributed by atoms with Gasteiger partial charge in [-0.15, -0.1) is 6.42 Å². The van der Waals surface area contributed by atoms with Crippen molar-refractivity contribution in [2.75, 3.05) is 18.8 Å². The Morgan fingerprint density at radius 2 is 1.73 bits per heavy atom. The summed E-state index contributed by atoms with van der Waals surface area (Å²) in [6.45, 7) is 1.22. The topological polar surface area (TPSA) is 86.3 Å². The van der Waals surface area contributed by atoms with Crippen LogP contribution in [0, 0.1) is 12.3 Å². The maximum atomic E-state index is 11.8. The molecule has 1 fully saturated rings. The summed E-state index contributed by atoms with van der Waals surface area (Å²) in [5, 5.41) is 5.79. The number of anilines is 1. The number of carbonyl (C=O) groups is 1. The van der Waals surface area contributed by atoms with E-state index in [4.69, 9.17) is 22.0 Å². The van der Waals surface area contributed by atoms with Gasteiger partial charge in [-0.2, -0.15) is 5.10 Å². The first-order chi connectivity index (χ1) is 16.1. The largest absolute Gasteiger partial charge is 0.457 e. The molecule has 0 saturated carbocycles. The first-order valence-corrected chi connectivity index (χ1v) is 10.9.